The summed E-state index contributed by atoms with van der Waals surface area (Å²) in [5.74, 6) is -1.06. The third kappa shape index (κ3) is 5.51. The highest BCUT2D eigenvalue weighted by atomic mass is 32.2. The zero-order valence-electron chi connectivity index (χ0n) is 12.7. The van der Waals surface area contributed by atoms with E-state index in [0.29, 0.717) is 6.42 Å². The summed E-state index contributed by atoms with van der Waals surface area (Å²) in [5.41, 5.74) is -5.76. The highest BCUT2D eigenvalue weighted by molar-refractivity contribution is 7.92. The third-order valence-electron chi connectivity index (χ3n) is 2.91. The number of rotatable bonds is 2. The van der Waals surface area contributed by atoms with E-state index in [2.05, 4.69) is 0 Å². The van der Waals surface area contributed by atoms with Gasteiger partial charge in [0.1, 0.15) is 5.60 Å². The number of carbonyl (C=O) groups excluding carboxylic acids is 1. The van der Waals surface area contributed by atoms with Crippen LogP contribution in [0.1, 0.15) is 33.6 Å². The molecule has 0 aromatic rings. The molecule has 0 atom stereocenters. The van der Waals surface area contributed by atoms with Gasteiger partial charge in [0.25, 0.3) is 9.84 Å². The normalized spacial score (nSPS) is 17.7. The van der Waals surface area contributed by atoms with Crippen LogP contribution in [0.15, 0.2) is 11.6 Å². The molecule has 1 heterocycles. The van der Waals surface area contributed by atoms with Crippen molar-refractivity contribution in [2.24, 2.45) is 0 Å². The molecule has 0 bridgehead atoms. The number of nitrogens with zero attached hydrogens (tertiary/aromatic N) is 1. The van der Waals surface area contributed by atoms with Crippen molar-refractivity contribution < 1.29 is 31.1 Å². The van der Waals surface area contributed by atoms with E-state index in [1.165, 1.54) is 11.0 Å². The zero-order valence-corrected chi connectivity index (χ0v) is 13.6. The number of amides is 1. The van der Waals surface area contributed by atoms with Gasteiger partial charge in [-0.1, -0.05) is 11.6 Å². The zero-order chi connectivity index (χ0) is 17.2. The Labute approximate surface area is 128 Å². The van der Waals surface area contributed by atoms with Gasteiger partial charge in [-0.05, 0) is 33.6 Å². The molecule has 1 rings (SSSR count). The quantitative estimate of drug-likeness (QED) is 0.723. The molecule has 0 spiro atoms. The van der Waals surface area contributed by atoms with Gasteiger partial charge in [0.15, 0.2) is 0 Å². The number of carbonyl (C=O) groups is 1. The summed E-state index contributed by atoms with van der Waals surface area (Å²) in [6, 6.07) is 0. The molecule has 0 aromatic heterocycles. The monoisotopic (exact) mass is 343 g/mol. The fourth-order valence-corrected chi connectivity index (χ4v) is 2.80. The summed E-state index contributed by atoms with van der Waals surface area (Å²) in [4.78, 5) is 13.3. The Morgan fingerprint density at radius 3 is 2.36 bits per heavy atom. The number of alkyl halides is 3. The van der Waals surface area contributed by atoms with E-state index >= 15 is 0 Å². The fourth-order valence-electron chi connectivity index (χ4n) is 1.88. The van der Waals surface area contributed by atoms with E-state index in [4.69, 9.17) is 4.74 Å². The van der Waals surface area contributed by atoms with Gasteiger partial charge in [0.2, 0.25) is 0 Å². The predicted octanol–water partition coefficient (Wildman–Crippen LogP) is 2.88. The van der Waals surface area contributed by atoms with Crippen molar-refractivity contribution in [3.8, 4) is 0 Å². The minimum absolute atomic E-state index is 0.0779. The van der Waals surface area contributed by atoms with Gasteiger partial charge in [-0.3, -0.25) is 0 Å². The second kappa shape index (κ2) is 6.47. The molecule has 0 saturated carbocycles. The minimum atomic E-state index is -5.26. The van der Waals surface area contributed by atoms with Gasteiger partial charge < -0.3 is 9.64 Å². The number of halogens is 3. The molecule has 1 amide bonds. The van der Waals surface area contributed by atoms with Crippen molar-refractivity contribution in [2.45, 2.75) is 44.7 Å². The van der Waals surface area contributed by atoms with Gasteiger partial charge in [-0.15, -0.1) is 0 Å². The second-order valence-corrected chi connectivity index (χ2v) is 8.05. The van der Waals surface area contributed by atoms with Gasteiger partial charge in [0.05, 0.1) is 5.75 Å². The van der Waals surface area contributed by atoms with Crippen LogP contribution in [0.3, 0.4) is 0 Å². The molecular formula is C13H20F3NO4S. The SMILES string of the molecule is CC(C)(C)OC(=O)N1CCC=C(CS(=O)(=O)C(F)(F)F)CC1. The van der Waals surface area contributed by atoms with E-state index < -0.39 is 32.8 Å². The summed E-state index contributed by atoms with van der Waals surface area (Å²) in [6.07, 6.45) is 1.27. The number of hydrogen-bond donors (Lipinski definition) is 0. The van der Waals surface area contributed by atoms with Crippen LogP contribution >= 0.6 is 0 Å². The van der Waals surface area contributed by atoms with Crippen molar-refractivity contribution in [3.05, 3.63) is 11.6 Å². The Morgan fingerprint density at radius 2 is 1.86 bits per heavy atom. The number of sulfone groups is 1. The maximum atomic E-state index is 12.4. The van der Waals surface area contributed by atoms with Crippen LogP contribution in [-0.2, 0) is 14.6 Å². The first-order chi connectivity index (χ1) is 9.82. The topological polar surface area (TPSA) is 63.7 Å². The van der Waals surface area contributed by atoms with E-state index in [1.807, 2.05) is 0 Å². The Balaban J connectivity index is 2.66. The lowest BCUT2D eigenvalue weighted by Crippen LogP contribution is -2.37. The molecule has 0 unspecified atom stereocenters. The first-order valence-corrected chi connectivity index (χ1v) is 8.42. The smallest absolute Gasteiger partial charge is 0.444 e. The van der Waals surface area contributed by atoms with Crippen molar-refractivity contribution in [1.82, 2.24) is 4.90 Å². The maximum absolute atomic E-state index is 12.4. The van der Waals surface area contributed by atoms with E-state index in [1.54, 1.807) is 20.8 Å². The van der Waals surface area contributed by atoms with Gasteiger partial charge in [-0.2, -0.15) is 13.2 Å². The van der Waals surface area contributed by atoms with Crippen molar-refractivity contribution >= 4 is 15.9 Å². The summed E-state index contributed by atoms with van der Waals surface area (Å²) < 4.78 is 64.7. The molecule has 0 aliphatic carbocycles. The van der Waals surface area contributed by atoms with Crippen LogP contribution < -0.4 is 0 Å². The highest BCUT2D eigenvalue weighted by Gasteiger charge is 2.45. The molecular weight excluding hydrogens is 323 g/mol. The molecule has 5 nitrogen and oxygen atoms in total. The average molecular weight is 343 g/mol. The van der Waals surface area contributed by atoms with Crippen LogP contribution in [-0.4, -0.2) is 49.4 Å². The van der Waals surface area contributed by atoms with Gasteiger partial charge in [0, 0.05) is 13.1 Å². The molecule has 0 aromatic carbocycles. The number of hydrogen-bond acceptors (Lipinski definition) is 4. The largest absolute Gasteiger partial charge is 0.497 e. The second-order valence-electron chi connectivity index (χ2n) is 6.07. The Hall–Kier alpha value is -1.25. The molecule has 0 radical (unpaired) electrons. The highest BCUT2D eigenvalue weighted by Crippen LogP contribution is 2.27. The fraction of sp³-hybridized carbons (Fsp3) is 0.769. The van der Waals surface area contributed by atoms with Gasteiger partial charge >= 0.3 is 11.6 Å². The van der Waals surface area contributed by atoms with Crippen molar-refractivity contribution in [1.29, 1.82) is 0 Å². The van der Waals surface area contributed by atoms with Crippen LogP contribution in [0, 0.1) is 0 Å². The average Bonchev–Trinajstić information content (AvgIpc) is 2.50. The molecule has 0 fully saturated rings. The molecule has 9 heteroatoms. The maximum Gasteiger partial charge on any atom is 0.497 e. The first kappa shape index (κ1) is 18.8. The van der Waals surface area contributed by atoms with E-state index in [9.17, 15) is 26.4 Å². The van der Waals surface area contributed by atoms with E-state index in [-0.39, 0.29) is 25.1 Å². The Bertz CT molecular complexity index is 547. The Morgan fingerprint density at radius 1 is 1.27 bits per heavy atom. The summed E-state index contributed by atoms with van der Waals surface area (Å²) >= 11 is 0. The Kier molecular flexibility index (Phi) is 5.53. The van der Waals surface area contributed by atoms with E-state index in [0.717, 1.165) is 0 Å². The lowest BCUT2D eigenvalue weighted by molar-refractivity contribution is -0.0433. The summed E-state index contributed by atoms with van der Waals surface area (Å²) in [7, 11) is -5.18. The lowest BCUT2D eigenvalue weighted by Gasteiger charge is -2.26. The molecule has 1 aliphatic heterocycles. The van der Waals surface area contributed by atoms with Gasteiger partial charge in [-0.25, -0.2) is 13.2 Å². The van der Waals surface area contributed by atoms with Crippen molar-refractivity contribution in [2.75, 3.05) is 18.8 Å². The van der Waals surface area contributed by atoms with Crippen LogP contribution in [0.25, 0.3) is 0 Å². The molecule has 128 valence electrons. The van der Waals surface area contributed by atoms with Crippen molar-refractivity contribution in [3.63, 3.8) is 0 Å². The molecule has 0 saturated heterocycles. The lowest BCUT2D eigenvalue weighted by atomic mass is 10.2. The summed E-state index contributed by atoms with van der Waals surface area (Å²) in [6.45, 7) is 5.55. The molecule has 22 heavy (non-hydrogen) atoms. The standard InChI is InChI=1S/C13H20F3NO4S/c1-12(2,3)21-11(18)17-7-4-5-10(6-8-17)9-22(19,20)13(14,15)16/h5H,4,6-9H2,1-3H3. The summed E-state index contributed by atoms with van der Waals surface area (Å²) in [5, 5.41) is 0. The minimum Gasteiger partial charge on any atom is -0.444 e. The van der Waals surface area contributed by atoms with Crippen LogP contribution in [0.5, 0.6) is 0 Å². The molecule has 1 aliphatic rings. The van der Waals surface area contributed by atoms with Crippen LogP contribution in [0.2, 0.25) is 0 Å². The number of ether oxygens (including phenoxy) is 1. The van der Waals surface area contributed by atoms with Crippen LogP contribution in [0.4, 0.5) is 18.0 Å². The molecule has 0 N–H and O–H groups in total. The third-order valence-corrected chi connectivity index (χ3v) is 4.37. The predicted molar refractivity (Wildman–Crippen MR) is 75.0 cm³/mol. The first-order valence-electron chi connectivity index (χ1n) is 6.77.